The van der Waals surface area contributed by atoms with Gasteiger partial charge in [0.1, 0.15) is 6.61 Å². The van der Waals surface area contributed by atoms with Crippen molar-refractivity contribution in [2.45, 2.75) is 26.0 Å². The normalized spacial score (nSPS) is 11.5. The third-order valence-electron chi connectivity index (χ3n) is 3.36. The maximum Gasteiger partial charge on any atom is 0.207 e. The molecule has 0 unspecified atom stereocenters. The van der Waals surface area contributed by atoms with Crippen molar-refractivity contribution in [3.05, 3.63) is 59.7 Å². The number of hydrogen-bond acceptors (Lipinski definition) is 3. The van der Waals surface area contributed by atoms with Gasteiger partial charge in [-0.3, -0.25) is 4.79 Å². The summed E-state index contributed by atoms with van der Waals surface area (Å²) in [4.78, 5) is 10.4. The molecule has 0 saturated heterocycles. The molecule has 4 nitrogen and oxygen atoms in total. The summed E-state index contributed by atoms with van der Waals surface area (Å²) >= 11 is 0. The minimum atomic E-state index is 0.0818. The molecular weight excluding hydrogens is 278 g/mol. The Hall–Kier alpha value is -2.49. The van der Waals surface area contributed by atoms with E-state index in [-0.39, 0.29) is 6.04 Å². The quantitative estimate of drug-likeness (QED) is 0.762. The van der Waals surface area contributed by atoms with Crippen LogP contribution in [0.15, 0.2) is 48.5 Å². The van der Waals surface area contributed by atoms with E-state index in [0.29, 0.717) is 18.1 Å². The van der Waals surface area contributed by atoms with Crippen molar-refractivity contribution in [1.29, 1.82) is 0 Å². The van der Waals surface area contributed by atoms with Crippen molar-refractivity contribution in [1.82, 2.24) is 5.32 Å². The van der Waals surface area contributed by atoms with Crippen molar-refractivity contribution in [2.24, 2.45) is 0 Å². The molecule has 4 heteroatoms. The Balaban J connectivity index is 2.04. The van der Waals surface area contributed by atoms with Crippen LogP contribution in [0.25, 0.3) is 0 Å². The van der Waals surface area contributed by atoms with Crippen LogP contribution >= 0.6 is 0 Å². The fraction of sp³-hybridized carbons (Fsp3) is 0.278. The van der Waals surface area contributed by atoms with Crippen molar-refractivity contribution < 1.29 is 14.3 Å². The Bertz CT molecular complexity index is 599. The predicted octanol–water partition coefficient (Wildman–Crippen LogP) is 2.95. The van der Waals surface area contributed by atoms with E-state index >= 15 is 0 Å². The van der Waals surface area contributed by atoms with E-state index in [9.17, 15) is 4.79 Å². The van der Waals surface area contributed by atoms with Crippen molar-refractivity contribution in [2.75, 3.05) is 7.11 Å². The summed E-state index contributed by atoms with van der Waals surface area (Å²) in [6.07, 6.45) is 1.47. The maximum absolute atomic E-state index is 10.4. The summed E-state index contributed by atoms with van der Waals surface area (Å²) in [6.45, 7) is 2.46. The van der Waals surface area contributed by atoms with Crippen LogP contribution in [-0.4, -0.2) is 19.6 Å². The molecule has 0 spiro atoms. The molecular formula is C18H21NO3. The number of benzene rings is 2. The molecule has 116 valence electrons. The van der Waals surface area contributed by atoms with E-state index in [4.69, 9.17) is 9.47 Å². The second-order valence-corrected chi connectivity index (χ2v) is 5.15. The fourth-order valence-electron chi connectivity index (χ4n) is 2.22. The number of hydrogen-bond donors (Lipinski definition) is 1. The fourth-order valence-corrected chi connectivity index (χ4v) is 2.22. The van der Waals surface area contributed by atoms with Crippen LogP contribution in [0.4, 0.5) is 0 Å². The van der Waals surface area contributed by atoms with Gasteiger partial charge in [0.15, 0.2) is 11.5 Å². The van der Waals surface area contributed by atoms with Gasteiger partial charge in [-0.05, 0) is 36.6 Å². The first-order chi connectivity index (χ1) is 10.7. The highest BCUT2D eigenvalue weighted by Crippen LogP contribution is 2.29. The van der Waals surface area contributed by atoms with Crippen LogP contribution < -0.4 is 14.8 Å². The zero-order valence-corrected chi connectivity index (χ0v) is 12.9. The predicted molar refractivity (Wildman–Crippen MR) is 86.1 cm³/mol. The lowest BCUT2D eigenvalue weighted by atomic mass is 10.1. The third kappa shape index (κ3) is 4.52. The largest absolute Gasteiger partial charge is 0.493 e. The number of ether oxygens (including phenoxy) is 2. The molecule has 2 aromatic carbocycles. The summed E-state index contributed by atoms with van der Waals surface area (Å²) in [5, 5.41) is 2.74. The highest BCUT2D eigenvalue weighted by molar-refractivity contribution is 5.47. The maximum atomic E-state index is 10.4. The van der Waals surface area contributed by atoms with Gasteiger partial charge in [0, 0.05) is 6.04 Å². The van der Waals surface area contributed by atoms with E-state index in [0.717, 1.165) is 24.0 Å². The molecule has 0 fully saturated rings. The van der Waals surface area contributed by atoms with Crippen LogP contribution in [0.1, 0.15) is 18.1 Å². The van der Waals surface area contributed by atoms with Crippen LogP contribution in [0.2, 0.25) is 0 Å². The molecule has 0 heterocycles. The van der Waals surface area contributed by atoms with Crippen LogP contribution in [0, 0.1) is 0 Å². The van der Waals surface area contributed by atoms with E-state index in [2.05, 4.69) is 5.32 Å². The van der Waals surface area contributed by atoms with E-state index in [1.54, 1.807) is 7.11 Å². The number of nitrogens with one attached hydrogen (secondary N) is 1. The number of rotatable bonds is 8. The van der Waals surface area contributed by atoms with E-state index in [1.165, 1.54) is 0 Å². The molecule has 0 bridgehead atoms. The van der Waals surface area contributed by atoms with E-state index < -0.39 is 0 Å². The highest BCUT2D eigenvalue weighted by Gasteiger charge is 2.08. The standard InChI is InChI=1S/C18H21NO3/c1-14(19-13-20)10-16-8-9-17(18(11-16)21-2)22-12-15-6-4-3-5-7-15/h3-9,11,13-14H,10,12H2,1-2H3,(H,19,20)/t14-/m0/s1. The Morgan fingerprint density at radius 2 is 1.86 bits per heavy atom. The Labute approximate surface area is 131 Å². The zero-order valence-electron chi connectivity index (χ0n) is 12.9. The number of amides is 1. The van der Waals surface area contributed by atoms with Crippen LogP contribution in [0.5, 0.6) is 11.5 Å². The van der Waals surface area contributed by atoms with Gasteiger partial charge in [0.2, 0.25) is 6.41 Å². The first-order valence-electron chi connectivity index (χ1n) is 7.26. The molecule has 22 heavy (non-hydrogen) atoms. The van der Waals surface area contributed by atoms with Gasteiger partial charge in [-0.2, -0.15) is 0 Å². The second kappa shape index (κ2) is 8.08. The topological polar surface area (TPSA) is 47.6 Å². The average Bonchev–Trinajstić information content (AvgIpc) is 2.54. The molecule has 2 aromatic rings. The SMILES string of the molecule is COc1cc(C[C@H](C)NC=O)ccc1OCc1ccccc1. The summed E-state index contributed by atoms with van der Waals surface area (Å²) in [5.74, 6) is 1.41. The van der Waals surface area contributed by atoms with Gasteiger partial charge in [-0.15, -0.1) is 0 Å². The number of carbonyl (C=O) groups is 1. The third-order valence-corrected chi connectivity index (χ3v) is 3.36. The zero-order chi connectivity index (χ0) is 15.8. The molecule has 0 aliphatic heterocycles. The minimum Gasteiger partial charge on any atom is -0.493 e. The van der Waals surface area contributed by atoms with Crippen molar-refractivity contribution in [3.8, 4) is 11.5 Å². The summed E-state index contributed by atoms with van der Waals surface area (Å²) in [5.41, 5.74) is 2.20. The molecule has 2 rings (SSSR count). The van der Waals surface area contributed by atoms with Crippen molar-refractivity contribution >= 4 is 6.41 Å². The van der Waals surface area contributed by atoms with Gasteiger partial charge in [0.05, 0.1) is 7.11 Å². The summed E-state index contributed by atoms with van der Waals surface area (Å²) < 4.78 is 11.2. The lowest BCUT2D eigenvalue weighted by molar-refractivity contribution is -0.110. The first-order valence-corrected chi connectivity index (χ1v) is 7.26. The highest BCUT2D eigenvalue weighted by atomic mass is 16.5. The molecule has 0 saturated carbocycles. The molecule has 0 aliphatic rings. The summed E-state index contributed by atoms with van der Waals surface area (Å²) in [6, 6.07) is 15.9. The van der Waals surface area contributed by atoms with Crippen LogP contribution in [0.3, 0.4) is 0 Å². The average molecular weight is 299 g/mol. The Kier molecular flexibility index (Phi) is 5.83. The first kappa shape index (κ1) is 15.9. The smallest absolute Gasteiger partial charge is 0.207 e. The summed E-state index contributed by atoms with van der Waals surface area (Å²) in [7, 11) is 1.63. The Morgan fingerprint density at radius 1 is 1.09 bits per heavy atom. The lowest BCUT2D eigenvalue weighted by Gasteiger charge is -2.14. The van der Waals surface area contributed by atoms with Crippen molar-refractivity contribution in [3.63, 3.8) is 0 Å². The minimum absolute atomic E-state index is 0.0818. The van der Waals surface area contributed by atoms with Gasteiger partial charge < -0.3 is 14.8 Å². The van der Waals surface area contributed by atoms with Gasteiger partial charge in [-0.1, -0.05) is 36.4 Å². The molecule has 1 amide bonds. The lowest BCUT2D eigenvalue weighted by Crippen LogP contribution is -2.26. The van der Waals surface area contributed by atoms with E-state index in [1.807, 2.05) is 55.5 Å². The molecule has 0 aliphatic carbocycles. The van der Waals surface area contributed by atoms with Gasteiger partial charge >= 0.3 is 0 Å². The van der Waals surface area contributed by atoms with Gasteiger partial charge in [0.25, 0.3) is 0 Å². The Morgan fingerprint density at radius 3 is 2.55 bits per heavy atom. The van der Waals surface area contributed by atoms with Gasteiger partial charge in [-0.25, -0.2) is 0 Å². The molecule has 0 radical (unpaired) electrons. The van der Waals surface area contributed by atoms with Crippen LogP contribution in [-0.2, 0) is 17.8 Å². The number of carbonyl (C=O) groups excluding carboxylic acids is 1. The second-order valence-electron chi connectivity index (χ2n) is 5.15. The molecule has 1 N–H and O–H groups in total. The number of methoxy groups -OCH3 is 1. The molecule has 1 atom stereocenters. The monoisotopic (exact) mass is 299 g/mol. The molecule has 0 aromatic heterocycles.